The topological polar surface area (TPSA) is 110 Å². The number of rotatable bonds is 38. The zero-order chi connectivity index (χ0) is 36.0. The highest BCUT2D eigenvalue weighted by Gasteiger charge is 2.28. The van der Waals surface area contributed by atoms with Crippen molar-refractivity contribution >= 4 is 5.91 Å². The monoisotopic (exact) mass is 694 g/mol. The minimum absolute atomic E-state index is 0.359. The molecule has 6 heteroatoms. The van der Waals surface area contributed by atoms with Crippen molar-refractivity contribution in [2.24, 2.45) is 0 Å². The standard InChI is InChI=1S/C43H83NO5/c1-3-5-7-9-11-13-15-16-17-18-19-20-21-22-23-24-25-26-27-29-31-33-35-37-41(47)43(49)44-39(38-45)42(48)40(46)36-34-32-30-28-14-12-10-8-6-4-2/h22-23,28,30,39-42,45-48H,3-21,24-27,29,31-38H2,1-2H3,(H,44,49)/b23-22-,30-28+. The van der Waals surface area contributed by atoms with Gasteiger partial charge in [-0.1, -0.05) is 173 Å². The predicted molar refractivity (Wildman–Crippen MR) is 210 cm³/mol. The number of amides is 1. The van der Waals surface area contributed by atoms with E-state index in [1.807, 2.05) is 0 Å². The summed E-state index contributed by atoms with van der Waals surface area (Å²) in [6.45, 7) is 4.00. The minimum atomic E-state index is -1.28. The molecule has 0 bridgehead atoms. The number of allylic oxidation sites excluding steroid dienone is 4. The Hall–Kier alpha value is -1.21. The van der Waals surface area contributed by atoms with Crippen LogP contribution in [0.2, 0.25) is 0 Å². The van der Waals surface area contributed by atoms with E-state index in [4.69, 9.17) is 0 Å². The quantitative estimate of drug-likeness (QED) is 0.0327. The highest BCUT2D eigenvalue weighted by atomic mass is 16.3. The van der Waals surface area contributed by atoms with Crippen LogP contribution in [0.3, 0.4) is 0 Å². The van der Waals surface area contributed by atoms with Crippen LogP contribution in [0.1, 0.15) is 213 Å². The number of carbonyl (C=O) groups is 1. The van der Waals surface area contributed by atoms with Gasteiger partial charge in [0.15, 0.2) is 0 Å². The number of hydrogen-bond acceptors (Lipinski definition) is 5. The largest absolute Gasteiger partial charge is 0.394 e. The Morgan fingerprint density at radius 2 is 0.837 bits per heavy atom. The van der Waals surface area contributed by atoms with E-state index < -0.39 is 36.9 Å². The van der Waals surface area contributed by atoms with Gasteiger partial charge in [0.05, 0.1) is 18.8 Å². The Bertz CT molecular complexity index is 742. The zero-order valence-corrected chi connectivity index (χ0v) is 32.4. The Morgan fingerprint density at radius 3 is 1.22 bits per heavy atom. The zero-order valence-electron chi connectivity index (χ0n) is 32.4. The highest BCUT2D eigenvalue weighted by molar-refractivity contribution is 5.80. The van der Waals surface area contributed by atoms with Gasteiger partial charge >= 0.3 is 0 Å². The van der Waals surface area contributed by atoms with Gasteiger partial charge in [0.2, 0.25) is 5.91 Å². The molecule has 49 heavy (non-hydrogen) atoms. The number of nitrogens with one attached hydrogen (secondary N) is 1. The lowest BCUT2D eigenvalue weighted by molar-refractivity contribution is -0.132. The van der Waals surface area contributed by atoms with Crippen LogP contribution in [-0.2, 0) is 4.79 Å². The summed E-state index contributed by atoms with van der Waals surface area (Å²) in [4.78, 5) is 12.5. The fourth-order valence-corrected chi connectivity index (χ4v) is 6.46. The molecule has 0 heterocycles. The maximum atomic E-state index is 12.5. The van der Waals surface area contributed by atoms with Gasteiger partial charge in [0, 0.05) is 0 Å². The SMILES string of the molecule is CCCCCCC/C=C/CCCC(O)C(O)C(CO)NC(=O)C(O)CCCCCCCCC/C=C\CCCCCCCCCCCCCC. The molecule has 4 unspecified atom stereocenters. The molecule has 0 spiro atoms. The van der Waals surface area contributed by atoms with E-state index >= 15 is 0 Å². The minimum Gasteiger partial charge on any atom is -0.394 e. The molecule has 290 valence electrons. The van der Waals surface area contributed by atoms with Crippen molar-refractivity contribution < 1.29 is 25.2 Å². The van der Waals surface area contributed by atoms with Crippen molar-refractivity contribution in [2.45, 2.75) is 237 Å². The third-order valence-corrected chi connectivity index (χ3v) is 9.88. The summed E-state index contributed by atoms with van der Waals surface area (Å²) in [5.41, 5.74) is 0. The van der Waals surface area contributed by atoms with Gasteiger partial charge in [0.1, 0.15) is 12.2 Å². The fourth-order valence-electron chi connectivity index (χ4n) is 6.46. The lowest BCUT2D eigenvalue weighted by Gasteiger charge is -2.27. The molecule has 0 aromatic carbocycles. The Kier molecular flexibility index (Phi) is 37.1. The smallest absolute Gasteiger partial charge is 0.249 e. The van der Waals surface area contributed by atoms with Gasteiger partial charge in [-0.05, 0) is 64.2 Å². The predicted octanol–water partition coefficient (Wildman–Crippen LogP) is 10.8. The number of carbonyl (C=O) groups excluding carboxylic acids is 1. The van der Waals surface area contributed by atoms with E-state index in [-0.39, 0.29) is 0 Å². The molecule has 0 fully saturated rings. The van der Waals surface area contributed by atoms with Crippen LogP contribution in [0.4, 0.5) is 0 Å². The van der Waals surface area contributed by atoms with E-state index in [2.05, 4.69) is 43.5 Å². The number of aliphatic hydroxyl groups is 4. The summed E-state index contributed by atoms with van der Waals surface area (Å²) < 4.78 is 0. The molecule has 0 aromatic heterocycles. The van der Waals surface area contributed by atoms with Gasteiger partial charge in [-0.15, -0.1) is 0 Å². The van der Waals surface area contributed by atoms with Crippen molar-refractivity contribution in [3.8, 4) is 0 Å². The van der Waals surface area contributed by atoms with Crippen molar-refractivity contribution in [2.75, 3.05) is 6.61 Å². The van der Waals surface area contributed by atoms with E-state index in [1.165, 1.54) is 148 Å². The third kappa shape index (κ3) is 32.4. The molecule has 6 nitrogen and oxygen atoms in total. The first-order chi connectivity index (χ1) is 24.0. The first kappa shape index (κ1) is 47.8. The first-order valence-corrected chi connectivity index (χ1v) is 21.2. The molecule has 1 amide bonds. The van der Waals surface area contributed by atoms with Crippen LogP contribution in [0.5, 0.6) is 0 Å². The van der Waals surface area contributed by atoms with E-state index in [0.717, 1.165) is 38.5 Å². The molecule has 0 aliphatic heterocycles. The molecule has 4 atom stereocenters. The maximum absolute atomic E-state index is 12.5. The molecule has 0 saturated carbocycles. The fraction of sp³-hybridized carbons (Fsp3) is 0.884. The maximum Gasteiger partial charge on any atom is 0.249 e. The van der Waals surface area contributed by atoms with Gasteiger partial charge in [-0.2, -0.15) is 0 Å². The summed E-state index contributed by atoms with van der Waals surface area (Å²) in [5, 5.41) is 43.4. The summed E-state index contributed by atoms with van der Waals surface area (Å²) in [7, 11) is 0. The molecule has 0 radical (unpaired) electrons. The van der Waals surface area contributed by atoms with E-state index in [0.29, 0.717) is 12.8 Å². The highest BCUT2D eigenvalue weighted by Crippen LogP contribution is 2.15. The van der Waals surface area contributed by atoms with Gasteiger partial charge in [-0.25, -0.2) is 0 Å². The molecule has 0 aliphatic carbocycles. The average Bonchev–Trinajstić information content (AvgIpc) is 3.11. The van der Waals surface area contributed by atoms with Gasteiger partial charge in [0.25, 0.3) is 0 Å². The number of unbranched alkanes of at least 4 members (excludes halogenated alkanes) is 25. The van der Waals surface area contributed by atoms with Crippen molar-refractivity contribution in [3.63, 3.8) is 0 Å². The van der Waals surface area contributed by atoms with Crippen LogP contribution >= 0.6 is 0 Å². The van der Waals surface area contributed by atoms with Crippen LogP contribution in [-0.4, -0.2) is 57.3 Å². The van der Waals surface area contributed by atoms with Crippen LogP contribution in [0.25, 0.3) is 0 Å². The lowest BCUT2D eigenvalue weighted by Crippen LogP contribution is -2.53. The van der Waals surface area contributed by atoms with E-state index in [1.54, 1.807) is 0 Å². The number of aliphatic hydroxyl groups excluding tert-OH is 4. The normalized spacial score (nSPS) is 14.5. The lowest BCUT2D eigenvalue weighted by atomic mass is 10.00. The molecular formula is C43H83NO5. The second kappa shape index (κ2) is 38.0. The van der Waals surface area contributed by atoms with Crippen molar-refractivity contribution in [1.82, 2.24) is 5.32 Å². The van der Waals surface area contributed by atoms with Crippen LogP contribution in [0, 0.1) is 0 Å². The molecule has 0 aromatic rings. The van der Waals surface area contributed by atoms with Gasteiger partial charge in [-0.3, -0.25) is 4.79 Å². The summed E-state index contributed by atoms with van der Waals surface area (Å²) >= 11 is 0. The Labute approximate surface area is 304 Å². The molecule has 0 aliphatic rings. The van der Waals surface area contributed by atoms with Crippen molar-refractivity contribution in [1.29, 1.82) is 0 Å². The second-order valence-electron chi connectivity index (χ2n) is 14.7. The third-order valence-electron chi connectivity index (χ3n) is 9.88. The number of hydrogen-bond donors (Lipinski definition) is 5. The molecule has 5 N–H and O–H groups in total. The Morgan fingerprint density at radius 1 is 0.490 bits per heavy atom. The first-order valence-electron chi connectivity index (χ1n) is 21.2. The van der Waals surface area contributed by atoms with Crippen LogP contribution < -0.4 is 5.32 Å². The molecular weight excluding hydrogens is 610 g/mol. The van der Waals surface area contributed by atoms with Crippen LogP contribution in [0.15, 0.2) is 24.3 Å². The Balaban J connectivity index is 3.71. The summed E-state index contributed by atoms with van der Waals surface area (Å²) in [6, 6.07) is -1.000. The molecule has 0 rings (SSSR count). The van der Waals surface area contributed by atoms with E-state index in [9.17, 15) is 25.2 Å². The second-order valence-corrected chi connectivity index (χ2v) is 14.7. The summed E-state index contributed by atoms with van der Waals surface area (Å²) in [6.07, 6.45) is 42.2. The summed E-state index contributed by atoms with van der Waals surface area (Å²) in [5.74, 6) is -0.598. The molecule has 0 saturated heterocycles. The average molecular weight is 694 g/mol. The van der Waals surface area contributed by atoms with Crippen molar-refractivity contribution in [3.05, 3.63) is 24.3 Å². The van der Waals surface area contributed by atoms with Gasteiger partial charge < -0.3 is 25.7 Å².